The van der Waals surface area contributed by atoms with Gasteiger partial charge in [0.05, 0.1) is 6.04 Å². The van der Waals surface area contributed by atoms with Crippen LogP contribution in [0.3, 0.4) is 0 Å². The van der Waals surface area contributed by atoms with Gasteiger partial charge >= 0.3 is 0 Å². The summed E-state index contributed by atoms with van der Waals surface area (Å²) in [7, 11) is 0. The summed E-state index contributed by atoms with van der Waals surface area (Å²) in [5.41, 5.74) is 1.86. The molecule has 0 bridgehead atoms. The zero-order valence-corrected chi connectivity index (χ0v) is 14.2. The van der Waals surface area contributed by atoms with Gasteiger partial charge in [0.15, 0.2) is 5.78 Å². The van der Waals surface area contributed by atoms with Crippen molar-refractivity contribution in [2.24, 2.45) is 5.92 Å². The zero-order chi connectivity index (χ0) is 18.3. The van der Waals surface area contributed by atoms with Gasteiger partial charge in [0.2, 0.25) is 0 Å². The van der Waals surface area contributed by atoms with Crippen LogP contribution in [0.25, 0.3) is 0 Å². The molecule has 0 saturated heterocycles. The molecule has 0 aliphatic carbocycles. The topological polar surface area (TPSA) is 20.3 Å². The number of nitrogens with zero attached hydrogens (tertiary/aromatic N) is 1. The van der Waals surface area contributed by atoms with E-state index in [1.165, 1.54) is 0 Å². The molecule has 0 aromatic heterocycles. The molecule has 0 fully saturated rings. The van der Waals surface area contributed by atoms with Crippen LogP contribution < -0.4 is 4.90 Å². The Morgan fingerprint density at radius 2 is 1.60 bits per heavy atom. The predicted molar refractivity (Wildman–Crippen MR) is 90.6 cm³/mol. The minimum atomic E-state index is -0.992. The van der Waals surface area contributed by atoms with Crippen LogP contribution in [0.4, 0.5) is 18.9 Å². The minimum Gasteiger partial charge on any atom is -0.339 e. The number of halogens is 3. The molecule has 2 aromatic carbocycles. The second kappa shape index (κ2) is 6.39. The molecule has 3 rings (SSSR count). The Balaban J connectivity index is 2.24. The maximum atomic E-state index is 14.4. The molecule has 1 heterocycles. The van der Waals surface area contributed by atoms with E-state index in [9.17, 15) is 18.0 Å². The van der Waals surface area contributed by atoms with E-state index in [4.69, 9.17) is 0 Å². The Labute approximate surface area is 144 Å². The maximum absolute atomic E-state index is 14.4. The lowest BCUT2D eigenvalue weighted by Gasteiger charge is -2.39. The molecule has 0 N–H and O–H groups in total. The first-order chi connectivity index (χ1) is 11.8. The Bertz CT molecular complexity index is 852. The van der Waals surface area contributed by atoms with Crippen molar-refractivity contribution in [3.05, 3.63) is 76.7 Å². The number of allylic oxidation sites excluding steroid dienone is 1. The second-order valence-electron chi connectivity index (χ2n) is 6.39. The van der Waals surface area contributed by atoms with Gasteiger partial charge in [0.1, 0.15) is 17.5 Å². The van der Waals surface area contributed by atoms with Crippen molar-refractivity contribution in [1.29, 1.82) is 0 Å². The summed E-state index contributed by atoms with van der Waals surface area (Å²) in [5, 5.41) is 0. The van der Waals surface area contributed by atoms with Crippen molar-refractivity contribution in [3.8, 4) is 0 Å². The van der Waals surface area contributed by atoms with Crippen LogP contribution in [0.15, 0.2) is 48.2 Å². The van der Waals surface area contributed by atoms with Crippen LogP contribution in [0.2, 0.25) is 0 Å². The summed E-state index contributed by atoms with van der Waals surface area (Å²) in [5.74, 6) is -3.83. The molecule has 2 atom stereocenters. The molecule has 2 nitrogen and oxygen atoms in total. The van der Waals surface area contributed by atoms with Crippen LogP contribution >= 0.6 is 0 Å². The lowest BCUT2D eigenvalue weighted by Crippen LogP contribution is -2.39. The molecular weight excluding hydrogens is 327 g/mol. The van der Waals surface area contributed by atoms with E-state index < -0.39 is 29.4 Å². The molecule has 0 amide bonds. The van der Waals surface area contributed by atoms with Crippen molar-refractivity contribution in [1.82, 2.24) is 0 Å². The number of hydrogen-bond donors (Lipinski definition) is 0. The number of para-hydroxylation sites is 1. The van der Waals surface area contributed by atoms with Gasteiger partial charge in [-0.25, -0.2) is 13.2 Å². The highest BCUT2D eigenvalue weighted by molar-refractivity contribution is 5.99. The second-order valence-corrected chi connectivity index (χ2v) is 6.39. The standard InChI is InChI=1S/C20H18F3NO/c1-11-6-4-5-7-17(11)24-10-12(2)20(25)13(3)19(24)18-15(22)8-14(21)9-16(18)23/h4-10,13,19H,1-3H3. The summed E-state index contributed by atoms with van der Waals surface area (Å²) >= 11 is 0. The first kappa shape index (κ1) is 17.3. The quantitative estimate of drug-likeness (QED) is 0.756. The van der Waals surface area contributed by atoms with Gasteiger partial charge in [-0.3, -0.25) is 4.79 Å². The fourth-order valence-electron chi connectivity index (χ4n) is 3.39. The average Bonchev–Trinajstić information content (AvgIpc) is 2.54. The van der Waals surface area contributed by atoms with Crippen LogP contribution in [-0.4, -0.2) is 5.78 Å². The third-order valence-electron chi connectivity index (χ3n) is 4.64. The summed E-state index contributed by atoms with van der Waals surface area (Å²) in [6, 6.07) is 7.80. The number of rotatable bonds is 2. The van der Waals surface area contributed by atoms with E-state index in [1.54, 1.807) is 24.9 Å². The van der Waals surface area contributed by atoms with Crippen molar-refractivity contribution in [2.45, 2.75) is 26.8 Å². The number of benzene rings is 2. The van der Waals surface area contributed by atoms with Crippen molar-refractivity contribution in [2.75, 3.05) is 4.90 Å². The van der Waals surface area contributed by atoms with Crippen LogP contribution in [0.1, 0.15) is 31.0 Å². The van der Waals surface area contributed by atoms with E-state index in [1.807, 2.05) is 31.2 Å². The molecule has 0 radical (unpaired) electrons. The number of ketones is 1. The first-order valence-electron chi connectivity index (χ1n) is 8.02. The van der Waals surface area contributed by atoms with Crippen molar-refractivity contribution >= 4 is 11.5 Å². The third-order valence-corrected chi connectivity index (χ3v) is 4.64. The zero-order valence-electron chi connectivity index (χ0n) is 14.2. The molecule has 0 saturated carbocycles. The number of Topliss-reactive ketones (excluding diaryl/α,β-unsaturated/α-hetero) is 1. The van der Waals surface area contributed by atoms with Crippen molar-refractivity contribution in [3.63, 3.8) is 0 Å². The Kier molecular flexibility index (Phi) is 4.41. The number of aryl methyl sites for hydroxylation is 1. The van der Waals surface area contributed by atoms with Gasteiger partial charge in [0, 0.05) is 41.1 Å². The van der Waals surface area contributed by atoms with Crippen LogP contribution in [0, 0.1) is 30.3 Å². The molecular formula is C20H18F3NO. The van der Waals surface area contributed by atoms with Gasteiger partial charge in [-0.15, -0.1) is 0 Å². The van der Waals surface area contributed by atoms with Gasteiger partial charge in [-0.05, 0) is 25.5 Å². The van der Waals surface area contributed by atoms with Crippen LogP contribution in [-0.2, 0) is 4.79 Å². The summed E-state index contributed by atoms with van der Waals surface area (Å²) in [6.45, 7) is 5.20. The van der Waals surface area contributed by atoms with E-state index in [-0.39, 0.29) is 11.3 Å². The van der Waals surface area contributed by atoms with Gasteiger partial charge < -0.3 is 4.90 Å². The third kappa shape index (κ3) is 2.95. The van der Waals surface area contributed by atoms with Crippen molar-refractivity contribution < 1.29 is 18.0 Å². The summed E-state index contributed by atoms with van der Waals surface area (Å²) in [6.07, 6.45) is 1.61. The first-order valence-corrected chi connectivity index (χ1v) is 8.02. The molecule has 1 aliphatic heterocycles. The van der Waals surface area contributed by atoms with E-state index in [0.717, 1.165) is 11.3 Å². The number of carbonyl (C=O) groups is 1. The number of hydrogen-bond acceptors (Lipinski definition) is 2. The monoisotopic (exact) mass is 345 g/mol. The Hall–Kier alpha value is -2.56. The molecule has 2 aromatic rings. The van der Waals surface area contributed by atoms with Gasteiger partial charge in [-0.2, -0.15) is 0 Å². The predicted octanol–water partition coefficient (Wildman–Crippen LogP) is 5.08. The van der Waals surface area contributed by atoms with Crippen LogP contribution in [0.5, 0.6) is 0 Å². The molecule has 1 aliphatic rings. The minimum absolute atomic E-state index is 0.182. The average molecular weight is 345 g/mol. The van der Waals surface area contributed by atoms with Gasteiger partial charge in [-0.1, -0.05) is 25.1 Å². The molecule has 0 spiro atoms. The lowest BCUT2D eigenvalue weighted by molar-refractivity contribution is -0.119. The Morgan fingerprint density at radius 3 is 2.20 bits per heavy atom. The maximum Gasteiger partial charge on any atom is 0.165 e. The normalized spacial score (nSPS) is 20.6. The SMILES string of the molecule is CC1=CN(c2ccccc2C)C(c2c(F)cc(F)cc2F)C(C)C1=O. The highest BCUT2D eigenvalue weighted by atomic mass is 19.1. The number of anilines is 1. The Morgan fingerprint density at radius 1 is 1.00 bits per heavy atom. The fourth-order valence-corrected chi connectivity index (χ4v) is 3.39. The molecule has 2 unspecified atom stereocenters. The smallest absolute Gasteiger partial charge is 0.165 e. The highest BCUT2D eigenvalue weighted by Crippen LogP contribution is 2.41. The van der Waals surface area contributed by atoms with E-state index >= 15 is 0 Å². The molecule has 25 heavy (non-hydrogen) atoms. The summed E-state index contributed by atoms with van der Waals surface area (Å²) in [4.78, 5) is 14.2. The van der Waals surface area contributed by atoms with E-state index in [0.29, 0.717) is 17.7 Å². The number of carbonyl (C=O) groups excluding carboxylic acids is 1. The van der Waals surface area contributed by atoms with E-state index in [2.05, 4.69) is 0 Å². The highest BCUT2D eigenvalue weighted by Gasteiger charge is 2.38. The van der Waals surface area contributed by atoms with Gasteiger partial charge in [0.25, 0.3) is 0 Å². The fraction of sp³-hybridized carbons (Fsp3) is 0.250. The lowest BCUT2D eigenvalue weighted by atomic mass is 9.83. The molecule has 5 heteroatoms. The summed E-state index contributed by atoms with van der Waals surface area (Å²) < 4.78 is 42.2. The molecule has 130 valence electrons. The largest absolute Gasteiger partial charge is 0.339 e.